The molecule has 4 atom stereocenters. The predicted octanol–water partition coefficient (Wildman–Crippen LogP) is 2.16. The number of hydrogen-bond donors (Lipinski definition) is 1. The van der Waals surface area contributed by atoms with Crippen LogP contribution >= 0.6 is 0 Å². The van der Waals surface area contributed by atoms with Gasteiger partial charge < -0.3 is 5.32 Å². The third kappa shape index (κ3) is 6.25. The average molecular weight is 319 g/mol. The molecular formula is C16H34N2O2S. The van der Waals surface area contributed by atoms with Gasteiger partial charge in [0.25, 0.3) is 0 Å². The molecule has 0 aromatic carbocycles. The third-order valence-corrected chi connectivity index (χ3v) is 6.11. The van der Waals surface area contributed by atoms with Gasteiger partial charge in [0.05, 0.1) is 5.75 Å². The van der Waals surface area contributed by atoms with Crippen LogP contribution in [0.25, 0.3) is 0 Å². The molecule has 0 bridgehead atoms. The summed E-state index contributed by atoms with van der Waals surface area (Å²) < 4.78 is 22.7. The van der Waals surface area contributed by atoms with E-state index in [4.69, 9.17) is 0 Å². The summed E-state index contributed by atoms with van der Waals surface area (Å²) in [6, 6.07) is 1.07. The summed E-state index contributed by atoms with van der Waals surface area (Å²) in [7, 11) is -2.85. The van der Waals surface area contributed by atoms with Gasteiger partial charge in [0.2, 0.25) is 0 Å². The van der Waals surface area contributed by atoms with Crippen LogP contribution in [0.2, 0.25) is 0 Å². The lowest BCUT2D eigenvalue weighted by Crippen LogP contribution is -2.60. The van der Waals surface area contributed by atoms with Crippen molar-refractivity contribution in [3.05, 3.63) is 0 Å². The van der Waals surface area contributed by atoms with Crippen molar-refractivity contribution in [2.24, 2.45) is 11.8 Å². The molecule has 0 aromatic heterocycles. The van der Waals surface area contributed by atoms with E-state index in [1.54, 1.807) is 0 Å². The molecule has 0 saturated carbocycles. The molecule has 1 N–H and O–H groups in total. The summed E-state index contributed by atoms with van der Waals surface area (Å²) in [5.74, 6) is 1.62. The maximum absolute atomic E-state index is 11.3. The number of hydrogen-bond acceptors (Lipinski definition) is 4. The molecule has 1 saturated heterocycles. The molecule has 0 amide bonds. The lowest BCUT2D eigenvalue weighted by Gasteiger charge is -2.44. The van der Waals surface area contributed by atoms with Gasteiger partial charge in [0, 0.05) is 31.4 Å². The van der Waals surface area contributed by atoms with E-state index in [1.165, 1.54) is 19.1 Å². The lowest BCUT2D eigenvalue weighted by molar-refractivity contribution is 0.0763. The topological polar surface area (TPSA) is 49.4 Å². The van der Waals surface area contributed by atoms with E-state index in [-0.39, 0.29) is 0 Å². The molecule has 4 nitrogen and oxygen atoms in total. The van der Waals surface area contributed by atoms with Crippen LogP contribution in [-0.4, -0.2) is 57.0 Å². The van der Waals surface area contributed by atoms with Crippen molar-refractivity contribution in [1.82, 2.24) is 10.2 Å². The summed E-state index contributed by atoms with van der Waals surface area (Å²) in [6.07, 6.45) is 4.43. The summed E-state index contributed by atoms with van der Waals surface area (Å²) in [6.45, 7) is 12.1. The van der Waals surface area contributed by atoms with Crippen molar-refractivity contribution in [2.75, 3.05) is 31.6 Å². The minimum absolute atomic E-state index is 0.304. The van der Waals surface area contributed by atoms with E-state index in [9.17, 15) is 8.42 Å². The van der Waals surface area contributed by atoms with Crippen LogP contribution in [-0.2, 0) is 9.84 Å². The summed E-state index contributed by atoms with van der Waals surface area (Å²) in [5, 5.41) is 3.71. The van der Waals surface area contributed by atoms with Crippen molar-refractivity contribution in [1.29, 1.82) is 0 Å². The smallest absolute Gasteiger partial charge is 0.147 e. The molecule has 1 fully saturated rings. The molecule has 0 aliphatic carbocycles. The zero-order valence-corrected chi connectivity index (χ0v) is 15.2. The summed E-state index contributed by atoms with van der Waals surface area (Å²) in [4.78, 5) is 2.53. The van der Waals surface area contributed by atoms with Crippen molar-refractivity contribution in [3.8, 4) is 0 Å². The highest BCUT2D eigenvalue weighted by Crippen LogP contribution is 2.22. The zero-order valence-electron chi connectivity index (χ0n) is 14.4. The molecule has 21 heavy (non-hydrogen) atoms. The second-order valence-electron chi connectivity index (χ2n) is 6.83. The van der Waals surface area contributed by atoms with Crippen LogP contribution in [0.4, 0.5) is 0 Å². The fraction of sp³-hybridized carbons (Fsp3) is 1.00. The van der Waals surface area contributed by atoms with Crippen LogP contribution in [0.15, 0.2) is 0 Å². The SMILES string of the molecule is CCC(C)C1CN(CCCS(C)(=O)=O)C(C(C)CC)CN1. The van der Waals surface area contributed by atoms with Crippen LogP contribution in [0.1, 0.15) is 47.0 Å². The number of nitrogens with one attached hydrogen (secondary N) is 1. The molecule has 126 valence electrons. The first kappa shape index (κ1) is 18.9. The molecule has 1 rings (SSSR count). The Balaban J connectivity index is 2.64. The number of sulfone groups is 1. The van der Waals surface area contributed by atoms with Crippen LogP contribution in [0.3, 0.4) is 0 Å². The standard InChI is InChI=1S/C16H34N2O2S/c1-6-13(3)15-12-18(9-8-10-21(5,19)20)16(11-17-15)14(4)7-2/h13-17H,6-12H2,1-5H3. The van der Waals surface area contributed by atoms with E-state index in [0.29, 0.717) is 29.7 Å². The van der Waals surface area contributed by atoms with Gasteiger partial charge in [-0.1, -0.05) is 40.5 Å². The molecule has 0 radical (unpaired) electrons. The summed E-state index contributed by atoms with van der Waals surface area (Å²) >= 11 is 0. The highest BCUT2D eigenvalue weighted by molar-refractivity contribution is 7.90. The number of rotatable bonds is 8. The van der Waals surface area contributed by atoms with Crippen molar-refractivity contribution in [2.45, 2.75) is 59.0 Å². The first-order valence-corrected chi connectivity index (χ1v) is 10.5. The highest BCUT2D eigenvalue weighted by Gasteiger charge is 2.32. The fourth-order valence-electron chi connectivity index (χ4n) is 3.14. The molecule has 0 aromatic rings. The van der Waals surface area contributed by atoms with Gasteiger partial charge in [-0.15, -0.1) is 0 Å². The Hall–Kier alpha value is -0.130. The monoisotopic (exact) mass is 318 g/mol. The molecule has 5 heteroatoms. The Morgan fingerprint density at radius 1 is 1.19 bits per heavy atom. The van der Waals surface area contributed by atoms with Gasteiger partial charge in [0.15, 0.2) is 0 Å². The van der Waals surface area contributed by atoms with Crippen LogP contribution in [0.5, 0.6) is 0 Å². The second kappa shape index (κ2) is 8.49. The minimum Gasteiger partial charge on any atom is -0.311 e. The van der Waals surface area contributed by atoms with Gasteiger partial charge in [-0.3, -0.25) is 4.90 Å². The average Bonchev–Trinajstić information content (AvgIpc) is 2.44. The van der Waals surface area contributed by atoms with Gasteiger partial charge in [-0.2, -0.15) is 0 Å². The van der Waals surface area contributed by atoms with E-state index < -0.39 is 9.84 Å². The molecule has 0 spiro atoms. The molecule has 1 heterocycles. The number of nitrogens with zero attached hydrogens (tertiary/aromatic N) is 1. The maximum Gasteiger partial charge on any atom is 0.147 e. The predicted molar refractivity (Wildman–Crippen MR) is 90.4 cm³/mol. The Labute approximate surface area is 131 Å². The first-order chi connectivity index (χ1) is 9.78. The molecule has 4 unspecified atom stereocenters. The Morgan fingerprint density at radius 2 is 1.81 bits per heavy atom. The van der Waals surface area contributed by atoms with Gasteiger partial charge >= 0.3 is 0 Å². The largest absolute Gasteiger partial charge is 0.311 e. The fourth-order valence-corrected chi connectivity index (χ4v) is 3.79. The molecular weight excluding hydrogens is 284 g/mol. The van der Waals surface area contributed by atoms with Crippen LogP contribution in [0, 0.1) is 11.8 Å². The quantitative estimate of drug-likeness (QED) is 0.745. The Morgan fingerprint density at radius 3 is 2.33 bits per heavy atom. The van der Waals surface area contributed by atoms with Gasteiger partial charge in [-0.25, -0.2) is 8.42 Å². The van der Waals surface area contributed by atoms with E-state index in [2.05, 4.69) is 37.9 Å². The van der Waals surface area contributed by atoms with E-state index in [1.807, 2.05) is 0 Å². The number of piperazine rings is 1. The van der Waals surface area contributed by atoms with Crippen molar-refractivity contribution in [3.63, 3.8) is 0 Å². The van der Waals surface area contributed by atoms with Crippen molar-refractivity contribution >= 4 is 9.84 Å². The lowest BCUT2D eigenvalue weighted by atomic mass is 9.90. The van der Waals surface area contributed by atoms with Gasteiger partial charge in [-0.05, 0) is 24.8 Å². The van der Waals surface area contributed by atoms with Gasteiger partial charge in [0.1, 0.15) is 9.84 Å². The molecule has 1 aliphatic rings. The first-order valence-electron chi connectivity index (χ1n) is 8.43. The minimum atomic E-state index is -2.85. The zero-order chi connectivity index (χ0) is 16.0. The third-order valence-electron chi connectivity index (χ3n) is 5.08. The normalized spacial score (nSPS) is 27.5. The van der Waals surface area contributed by atoms with Crippen molar-refractivity contribution < 1.29 is 8.42 Å². The van der Waals surface area contributed by atoms with E-state index >= 15 is 0 Å². The second-order valence-corrected chi connectivity index (χ2v) is 9.09. The molecule has 1 aliphatic heterocycles. The van der Waals surface area contributed by atoms with Crippen LogP contribution < -0.4 is 5.32 Å². The Kier molecular flexibility index (Phi) is 7.65. The maximum atomic E-state index is 11.3. The van der Waals surface area contributed by atoms with E-state index in [0.717, 1.165) is 26.1 Å². The Bertz CT molecular complexity index is 397. The summed E-state index contributed by atoms with van der Waals surface area (Å²) in [5.41, 5.74) is 0. The highest BCUT2D eigenvalue weighted by atomic mass is 32.2.